The molecule has 2 unspecified atom stereocenters. The minimum atomic E-state index is -1.02. The van der Waals surface area contributed by atoms with Gasteiger partial charge >= 0.3 is 11.9 Å². The van der Waals surface area contributed by atoms with Gasteiger partial charge < -0.3 is 24.1 Å². The molecule has 1 saturated heterocycles. The first-order valence-corrected chi connectivity index (χ1v) is 9.30. The molecule has 1 aromatic rings. The molecule has 1 aromatic carbocycles. The average molecular weight is 378 g/mol. The Morgan fingerprint density at radius 2 is 1.89 bits per heavy atom. The number of carboxylic acids is 1. The average Bonchev–Trinajstić information content (AvgIpc) is 3.25. The summed E-state index contributed by atoms with van der Waals surface area (Å²) < 4.78 is 22.6. The number of carboxylic acid groups (broad SMARTS) is 1. The molecule has 148 valence electrons. The topological polar surface area (TPSA) is 91.3 Å². The van der Waals surface area contributed by atoms with Gasteiger partial charge in [-0.2, -0.15) is 0 Å². The van der Waals surface area contributed by atoms with Gasteiger partial charge in [0, 0.05) is 18.8 Å². The smallest absolute Gasteiger partial charge is 0.306 e. The summed E-state index contributed by atoms with van der Waals surface area (Å²) in [5.74, 6) is 0.172. The molecule has 7 heteroatoms. The Hall–Kier alpha value is -2.12. The molecule has 0 bridgehead atoms. The first-order valence-electron chi connectivity index (χ1n) is 9.30. The number of para-hydroxylation sites is 1. The van der Waals surface area contributed by atoms with Gasteiger partial charge in [-0.1, -0.05) is 18.2 Å². The zero-order chi connectivity index (χ0) is 19.2. The summed E-state index contributed by atoms with van der Waals surface area (Å²) in [5.41, 5.74) is 0.819. The molecule has 3 atom stereocenters. The van der Waals surface area contributed by atoms with E-state index in [4.69, 9.17) is 24.1 Å². The van der Waals surface area contributed by atoms with Gasteiger partial charge in [0.1, 0.15) is 18.5 Å². The lowest BCUT2D eigenvalue weighted by Crippen LogP contribution is -2.22. The molecule has 1 heterocycles. The monoisotopic (exact) mass is 378 g/mol. The van der Waals surface area contributed by atoms with E-state index in [9.17, 15) is 9.59 Å². The zero-order valence-electron chi connectivity index (χ0n) is 15.5. The lowest BCUT2D eigenvalue weighted by atomic mass is 10.0. The fraction of sp³-hybridized carbons (Fsp3) is 0.600. The van der Waals surface area contributed by atoms with E-state index in [1.165, 1.54) is 0 Å². The first-order chi connectivity index (χ1) is 13.1. The van der Waals surface area contributed by atoms with Crippen molar-refractivity contribution in [3.63, 3.8) is 0 Å². The molecule has 3 rings (SSSR count). The molecule has 0 amide bonds. The number of carbonyl (C=O) groups is 2. The molecule has 7 nitrogen and oxygen atoms in total. The van der Waals surface area contributed by atoms with Crippen LogP contribution in [0.4, 0.5) is 0 Å². The number of benzene rings is 1. The van der Waals surface area contributed by atoms with Gasteiger partial charge in [0.25, 0.3) is 0 Å². The molecule has 27 heavy (non-hydrogen) atoms. The summed E-state index contributed by atoms with van der Waals surface area (Å²) in [6.07, 6.45) is 1.09. The summed E-state index contributed by atoms with van der Waals surface area (Å²) >= 11 is 0. The van der Waals surface area contributed by atoms with Crippen molar-refractivity contribution in [1.82, 2.24) is 0 Å². The molecule has 1 aliphatic heterocycles. The second-order valence-corrected chi connectivity index (χ2v) is 7.09. The molecule has 0 aromatic heterocycles. The number of carbonyl (C=O) groups excluding carboxylic acids is 1. The van der Waals surface area contributed by atoms with Crippen LogP contribution in [0.1, 0.15) is 37.4 Å². The minimum absolute atomic E-state index is 0.0289. The molecule has 0 radical (unpaired) electrons. The Labute approximate surface area is 158 Å². The lowest BCUT2D eigenvalue weighted by molar-refractivity contribution is -0.152. The van der Waals surface area contributed by atoms with Crippen LogP contribution in [0.15, 0.2) is 24.3 Å². The van der Waals surface area contributed by atoms with Gasteiger partial charge in [0.15, 0.2) is 0 Å². The van der Waals surface area contributed by atoms with Crippen LogP contribution in [0.25, 0.3) is 0 Å². The van der Waals surface area contributed by atoms with Crippen molar-refractivity contribution in [2.75, 3.05) is 26.9 Å². The van der Waals surface area contributed by atoms with Crippen LogP contribution in [0.3, 0.4) is 0 Å². The number of rotatable bonds is 9. The van der Waals surface area contributed by atoms with E-state index < -0.39 is 18.0 Å². The van der Waals surface area contributed by atoms with Crippen LogP contribution in [-0.2, 0) is 23.8 Å². The van der Waals surface area contributed by atoms with E-state index in [0.29, 0.717) is 17.6 Å². The van der Waals surface area contributed by atoms with E-state index in [1.807, 2.05) is 24.3 Å². The highest BCUT2D eigenvalue weighted by Crippen LogP contribution is 2.40. The van der Waals surface area contributed by atoms with Crippen LogP contribution in [0.2, 0.25) is 0 Å². The minimum Gasteiger partial charge on any atom is -0.496 e. The highest BCUT2D eigenvalue weighted by atomic mass is 16.6. The van der Waals surface area contributed by atoms with Crippen molar-refractivity contribution in [3.05, 3.63) is 29.8 Å². The van der Waals surface area contributed by atoms with Crippen LogP contribution in [-0.4, -0.2) is 50.1 Å². The summed E-state index contributed by atoms with van der Waals surface area (Å²) in [6, 6.07) is 7.50. The normalized spacial score (nSPS) is 25.0. The van der Waals surface area contributed by atoms with E-state index in [-0.39, 0.29) is 25.6 Å². The SMILES string of the molecule is COc1ccccc1[C@H](COC(=O)CCC(=O)O)OC1CC2COCC2C1. The van der Waals surface area contributed by atoms with Gasteiger partial charge in [-0.25, -0.2) is 0 Å². The van der Waals surface area contributed by atoms with Crippen molar-refractivity contribution in [1.29, 1.82) is 0 Å². The van der Waals surface area contributed by atoms with Crippen molar-refractivity contribution >= 4 is 11.9 Å². The molecule has 1 aliphatic carbocycles. The van der Waals surface area contributed by atoms with E-state index >= 15 is 0 Å². The van der Waals surface area contributed by atoms with Crippen LogP contribution in [0.5, 0.6) is 5.75 Å². The van der Waals surface area contributed by atoms with Crippen molar-refractivity contribution in [2.45, 2.75) is 37.9 Å². The Morgan fingerprint density at radius 3 is 2.56 bits per heavy atom. The van der Waals surface area contributed by atoms with E-state index in [0.717, 1.165) is 31.6 Å². The maximum absolute atomic E-state index is 11.8. The predicted octanol–water partition coefficient (Wildman–Crippen LogP) is 2.59. The standard InChI is InChI=1S/C20H26O7/c1-24-17-5-3-2-4-16(17)18(12-26-20(23)7-6-19(21)22)27-15-8-13-10-25-11-14(13)9-15/h2-5,13-15,18H,6-12H2,1H3,(H,21,22)/t13?,14?,15?,18-/m0/s1. The molecule has 0 spiro atoms. The third kappa shape index (κ3) is 5.20. The second kappa shape index (κ2) is 9.19. The van der Waals surface area contributed by atoms with Gasteiger partial charge in [-0.05, 0) is 30.7 Å². The fourth-order valence-corrected chi connectivity index (χ4v) is 3.86. The lowest BCUT2D eigenvalue weighted by Gasteiger charge is -2.24. The van der Waals surface area contributed by atoms with Crippen molar-refractivity contribution in [3.8, 4) is 5.75 Å². The summed E-state index contributed by atoms with van der Waals surface area (Å²) in [6.45, 7) is 1.60. The highest BCUT2D eigenvalue weighted by Gasteiger charge is 2.40. The Balaban J connectivity index is 1.65. The third-order valence-electron chi connectivity index (χ3n) is 5.24. The predicted molar refractivity (Wildman–Crippen MR) is 95.5 cm³/mol. The largest absolute Gasteiger partial charge is 0.496 e. The Bertz CT molecular complexity index is 647. The fourth-order valence-electron chi connectivity index (χ4n) is 3.86. The molecule has 1 N–H and O–H groups in total. The van der Waals surface area contributed by atoms with Gasteiger partial charge in [0.2, 0.25) is 0 Å². The van der Waals surface area contributed by atoms with Gasteiger partial charge in [0.05, 0.1) is 26.1 Å². The van der Waals surface area contributed by atoms with Crippen LogP contribution < -0.4 is 4.74 Å². The van der Waals surface area contributed by atoms with E-state index in [2.05, 4.69) is 0 Å². The summed E-state index contributed by atoms with van der Waals surface area (Å²) in [4.78, 5) is 22.5. The number of aliphatic carboxylic acids is 1. The van der Waals surface area contributed by atoms with Gasteiger partial charge in [-0.3, -0.25) is 9.59 Å². The zero-order valence-corrected chi connectivity index (χ0v) is 15.5. The molecule has 2 aliphatic rings. The number of fused-ring (bicyclic) bond motifs is 1. The number of methoxy groups -OCH3 is 1. The van der Waals surface area contributed by atoms with Crippen molar-refractivity contribution in [2.24, 2.45) is 11.8 Å². The summed E-state index contributed by atoms with van der Waals surface area (Å²) in [7, 11) is 1.59. The number of ether oxygens (including phenoxy) is 4. The Morgan fingerprint density at radius 1 is 1.19 bits per heavy atom. The summed E-state index contributed by atoms with van der Waals surface area (Å²) in [5, 5.41) is 8.70. The van der Waals surface area contributed by atoms with Crippen LogP contribution >= 0.6 is 0 Å². The maximum atomic E-state index is 11.8. The third-order valence-corrected chi connectivity index (χ3v) is 5.24. The molecular weight excluding hydrogens is 352 g/mol. The maximum Gasteiger partial charge on any atom is 0.306 e. The van der Waals surface area contributed by atoms with E-state index in [1.54, 1.807) is 7.11 Å². The van der Waals surface area contributed by atoms with Gasteiger partial charge in [-0.15, -0.1) is 0 Å². The second-order valence-electron chi connectivity index (χ2n) is 7.09. The highest BCUT2D eigenvalue weighted by molar-refractivity contribution is 5.76. The first kappa shape index (κ1) is 19.6. The number of esters is 1. The van der Waals surface area contributed by atoms with Crippen LogP contribution in [0, 0.1) is 11.8 Å². The molecule has 2 fully saturated rings. The Kier molecular flexibility index (Phi) is 6.68. The molecular formula is C20H26O7. The molecule has 1 saturated carbocycles. The number of hydrogen-bond acceptors (Lipinski definition) is 6. The number of hydrogen-bond donors (Lipinski definition) is 1. The van der Waals surface area contributed by atoms with Crippen molar-refractivity contribution < 1.29 is 33.6 Å². The quantitative estimate of drug-likeness (QED) is 0.660.